The molecule has 0 bridgehead atoms. The van der Waals surface area contributed by atoms with Crippen molar-refractivity contribution in [2.45, 2.75) is 0 Å². The van der Waals surface area contributed by atoms with Crippen molar-refractivity contribution in [2.75, 3.05) is 0 Å². The molecule has 14 aromatic rings. The lowest BCUT2D eigenvalue weighted by Gasteiger charge is -2.13. The second kappa shape index (κ2) is 14.3. The quantitative estimate of drug-likeness (QED) is 0.164. The maximum absolute atomic E-state index is 6.59. The molecule has 66 heavy (non-hydrogen) atoms. The molecule has 4 heteroatoms. The van der Waals surface area contributed by atoms with Crippen LogP contribution >= 0.6 is 0 Å². The van der Waals surface area contributed by atoms with Crippen LogP contribution in [0.25, 0.3) is 127 Å². The van der Waals surface area contributed by atoms with Crippen molar-refractivity contribution in [1.82, 2.24) is 13.7 Å². The van der Waals surface area contributed by atoms with E-state index in [1.165, 1.54) is 60.2 Å². The summed E-state index contributed by atoms with van der Waals surface area (Å²) in [5.74, 6) is 0. The van der Waals surface area contributed by atoms with Crippen molar-refractivity contribution in [1.29, 1.82) is 0 Å². The molecule has 308 valence electrons. The van der Waals surface area contributed by atoms with Crippen molar-refractivity contribution in [3.05, 3.63) is 237 Å². The number of furan rings is 1. The van der Waals surface area contributed by atoms with E-state index in [9.17, 15) is 0 Å². The third-order valence-electron chi connectivity index (χ3n) is 13.6. The summed E-state index contributed by atoms with van der Waals surface area (Å²) in [5.41, 5.74) is 18.0. The summed E-state index contributed by atoms with van der Waals surface area (Å²) in [5, 5.41) is 8.38. The van der Waals surface area contributed by atoms with Crippen molar-refractivity contribution >= 4 is 76.6 Å². The van der Waals surface area contributed by atoms with Crippen LogP contribution in [-0.4, -0.2) is 13.7 Å². The van der Waals surface area contributed by atoms with E-state index in [2.05, 4.69) is 244 Å². The molecule has 10 aromatic carbocycles. The standard InChI is InChI=1S/C62H39N3O/c1-4-16-44(17-5-1)63-54-27-12-10-23-51(54)59-47(24-15-28-57(59)63)41-32-30-40(31-33-41)42-34-36-55-52(38-42)60-53-39-43(48-25-14-26-50-49-22-11-13-29-58(49)66-61(48)50)35-37-56(53)65(46-20-8-3-9-21-46)62(60)64(55)45-18-6-2-7-19-45/h1-39H. The zero-order valence-electron chi connectivity index (χ0n) is 35.8. The van der Waals surface area contributed by atoms with Gasteiger partial charge in [0, 0.05) is 60.3 Å². The van der Waals surface area contributed by atoms with E-state index in [4.69, 9.17) is 4.42 Å². The number of para-hydroxylation sites is 6. The van der Waals surface area contributed by atoms with Gasteiger partial charge in [-0.25, -0.2) is 0 Å². The Morgan fingerprint density at radius 3 is 1.45 bits per heavy atom. The molecule has 0 saturated carbocycles. The Morgan fingerprint density at radius 1 is 0.273 bits per heavy atom. The predicted octanol–water partition coefficient (Wildman–Crippen LogP) is 16.7. The smallest absolute Gasteiger partial charge is 0.143 e. The highest BCUT2D eigenvalue weighted by molar-refractivity contribution is 6.24. The Kier molecular flexibility index (Phi) is 7.95. The number of rotatable bonds is 6. The minimum Gasteiger partial charge on any atom is -0.455 e. The lowest BCUT2D eigenvalue weighted by molar-refractivity contribution is 0.670. The van der Waals surface area contributed by atoms with Gasteiger partial charge < -0.3 is 8.98 Å². The van der Waals surface area contributed by atoms with E-state index in [1.54, 1.807) is 0 Å². The number of hydrogen-bond donors (Lipinski definition) is 0. The summed E-state index contributed by atoms with van der Waals surface area (Å²) >= 11 is 0. The molecule has 4 heterocycles. The number of benzene rings is 10. The lowest BCUT2D eigenvalue weighted by atomic mass is 9.96. The van der Waals surface area contributed by atoms with Gasteiger partial charge in [0.05, 0.1) is 22.1 Å². The first kappa shape index (κ1) is 36.6. The SMILES string of the molecule is c1ccc(-n2c3ccccc3c3c(-c4ccc(-c5ccc6c(c5)c5c7cc(-c8cccc9c8oc8ccccc89)ccc7n(-c7ccccc7)c5n6-c5ccccc5)cc4)cccc32)cc1. The maximum atomic E-state index is 6.59. The highest BCUT2D eigenvalue weighted by atomic mass is 16.3. The van der Waals surface area contributed by atoms with Crippen LogP contribution in [0.2, 0.25) is 0 Å². The van der Waals surface area contributed by atoms with Gasteiger partial charge in [-0.15, -0.1) is 0 Å². The summed E-state index contributed by atoms with van der Waals surface area (Å²) in [7, 11) is 0. The highest BCUT2D eigenvalue weighted by Crippen LogP contribution is 2.45. The Bertz CT molecular complexity index is 4190. The van der Waals surface area contributed by atoms with Gasteiger partial charge in [0.2, 0.25) is 0 Å². The monoisotopic (exact) mass is 841 g/mol. The molecule has 14 rings (SSSR count). The normalized spacial score (nSPS) is 11.9. The van der Waals surface area contributed by atoms with E-state index in [1.807, 2.05) is 6.07 Å². The molecular weight excluding hydrogens is 803 g/mol. The van der Waals surface area contributed by atoms with Crippen molar-refractivity contribution < 1.29 is 4.42 Å². The summed E-state index contributed by atoms with van der Waals surface area (Å²) in [6, 6.07) is 85.6. The van der Waals surface area contributed by atoms with Crippen LogP contribution < -0.4 is 0 Å². The van der Waals surface area contributed by atoms with E-state index in [0.29, 0.717) is 0 Å². The molecule has 0 aliphatic rings. The molecule has 0 unspecified atom stereocenters. The molecule has 0 fully saturated rings. The maximum Gasteiger partial charge on any atom is 0.143 e. The van der Waals surface area contributed by atoms with Crippen molar-refractivity contribution in [3.8, 4) is 50.4 Å². The van der Waals surface area contributed by atoms with Crippen LogP contribution in [0.5, 0.6) is 0 Å². The molecular formula is C62H39N3O. The van der Waals surface area contributed by atoms with Gasteiger partial charge in [-0.3, -0.25) is 9.13 Å². The van der Waals surface area contributed by atoms with Gasteiger partial charge in [-0.05, 0) is 107 Å². The third-order valence-corrected chi connectivity index (χ3v) is 13.6. The second-order valence-corrected chi connectivity index (χ2v) is 17.3. The van der Waals surface area contributed by atoms with Gasteiger partial charge in [0.1, 0.15) is 16.8 Å². The number of fused-ring (bicyclic) bond motifs is 11. The fraction of sp³-hybridized carbons (Fsp3) is 0. The van der Waals surface area contributed by atoms with E-state index < -0.39 is 0 Å². The Hall–Kier alpha value is -8.86. The van der Waals surface area contributed by atoms with Crippen LogP contribution in [-0.2, 0) is 0 Å². The zero-order chi connectivity index (χ0) is 43.3. The average molecular weight is 842 g/mol. The molecule has 0 aliphatic heterocycles. The van der Waals surface area contributed by atoms with E-state index >= 15 is 0 Å². The Balaban J connectivity index is 0.982. The van der Waals surface area contributed by atoms with Crippen LogP contribution in [0.3, 0.4) is 0 Å². The predicted molar refractivity (Wildman–Crippen MR) is 276 cm³/mol. The molecule has 0 atom stereocenters. The molecule has 4 nitrogen and oxygen atoms in total. The minimum atomic E-state index is 0.901. The first-order chi connectivity index (χ1) is 32.8. The fourth-order valence-corrected chi connectivity index (χ4v) is 10.8. The molecule has 0 N–H and O–H groups in total. The second-order valence-electron chi connectivity index (χ2n) is 17.3. The zero-order valence-corrected chi connectivity index (χ0v) is 35.8. The minimum absolute atomic E-state index is 0.901. The van der Waals surface area contributed by atoms with Gasteiger partial charge >= 0.3 is 0 Å². The van der Waals surface area contributed by atoms with Crippen molar-refractivity contribution in [3.63, 3.8) is 0 Å². The Labute approximate surface area is 380 Å². The van der Waals surface area contributed by atoms with Gasteiger partial charge in [-0.2, -0.15) is 0 Å². The lowest BCUT2D eigenvalue weighted by Crippen LogP contribution is -2.01. The number of hydrogen-bond acceptors (Lipinski definition) is 1. The Morgan fingerprint density at radius 2 is 0.758 bits per heavy atom. The summed E-state index contributed by atoms with van der Waals surface area (Å²) in [6.07, 6.45) is 0. The van der Waals surface area contributed by atoms with Gasteiger partial charge in [0.25, 0.3) is 0 Å². The molecule has 0 amide bonds. The van der Waals surface area contributed by atoms with Crippen LogP contribution in [0.15, 0.2) is 241 Å². The van der Waals surface area contributed by atoms with Crippen molar-refractivity contribution in [2.24, 2.45) is 0 Å². The fourth-order valence-electron chi connectivity index (χ4n) is 10.8. The van der Waals surface area contributed by atoms with Crippen LogP contribution in [0.4, 0.5) is 0 Å². The topological polar surface area (TPSA) is 27.9 Å². The van der Waals surface area contributed by atoms with Gasteiger partial charge in [0.15, 0.2) is 0 Å². The molecule has 0 aliphatic carbocycles. The third kappa shape index (κ3) is 5.39. The van der Waals surface area contributed by atoms with E-state index in [0.717, 1.165) is 66.8 Å². The number of nitrogens with zero attached hydrogens (tertiary/aromatic N) is 3. The first-order valence-corrected chi connectivity index (χ1v) is 22.6. The average Bonchev–Trinajstić information content (AvgIpc) is 4.13. The molecule has 0 saturated heterocycles. The highest BCUT2D eigenvalue weighted by Gasteiger charge is 2.24. The summed E-state index contributed by atoms with van der Waals surface area (Å²) in [4.78, 5) is 0. The largest absolute Gasteiger partial charge is 0.455 e. The first-order valence-electron chi connectivity index (χ1n) is 22.6. The number of aromatic nitrogens is 3. The van der Waals surface area contributed by atoms with Crippen LogP contribution in [0.1, 0.15) is 0 Å². The van der Waals surface area contributed by atoms with Gasteiger partial charge in [-0.1, -0.05) is 158 Å². The molecule has 4 aromatic heterocycles. The van der Waals surface area contributed by atoms with E-state index in [-0.39, 0.29) is 0 Å². The molecule has 0 radical (unpaired) electrons. The van der Waals surface area contributed by atoms with Crippen LogP contribution in [0, 0.1) is 0 Å². The summed E-state index contributed by atoms with van der Waals surface area (Å²) < 4.78 is 13.9. The molecule has 0 spiro atoms. The summed E-state index contributed by atoms with van der Waals surface area (Å²) in [6.45, 7) is 0.